The van der Waals surface area contributed by atoms with Crippen molar-refractivity contribution in [2.24, 2.45) is 5.73 Å². The smallest absolute Gasteiger partial charge is 0.178 e. The van der Waals surface area contributed by atoms with Crippen LogP contribution in [0.4, 0.5) is 11.4 Å². The van der Waals surface area contributed by atoms with Gasteiger partial charge in [0.25, 0.3) is 0 Å². The van der Waals surface area contributed by atoms with Gasteiger partial charge in [0.1, 0.15) is 0 Å². The van der Waals surface area contributed by atoms with Crippen LogP contribution in [0, 0.1) is 0 Å². The highest BCUT2D eigenvalue weighted by Gasteiger charge is 2.10. The molecule has 0 fully saturated rings. The van der Waals surface area contributed by atoms with Crippen LogP contribution in [0.25, 0.3) is 0 Å². The summed E-state index contributed by atoms with van der Waals surface area (Å²) < 4.78 is 23.4. The summed E-state index contributed by atoms with van der Waals surface area (Å²) in [5.41, 5.74) is 8.40. The molecule has 2 rings (SSSR count). The van der Waals surface area contributed by atoms with Gasteiger partial charge in [-0.1, -0.05) is 19.1 Å². The van der Waals surface area contributed by atoms with Gasteiger partial charge in [-0.05, 0) is 42.0 Å². The lowest BCUT2D eigenvalue weighted by Gasteiger charge is -2.08. The van der Waals surface area contributed by atoms with Gasteiger partial charge in [0, 0.05) is 17.9 Å². The maximum atomic E-state index is 11.7. The monoisotopic (exact) mass is 290 g/mol. The Balaban J connectivity index is 2.14. The molecule has 2 aromatic carbocycles. The number of nitrogens with one attached hydrogen (secondary N) is 1. The van der Waals surface area contributed by atoms with Crippen molar-refractivity contribution in [3.63, 3.8) is 0 Å². The van der Waals surface area contributed by atoms with Gasteiger partial charge in [-0.2, -0.15) is 0 Å². The molecule has 0 saturated carbocycles. The Bertz CT molecular complexity index is 662. The molecule has 106 valence electrons. The average molecular weight is 290 g/mol. The van der Waals surface area contributed by atoms with E-state index >= 15 is 0 Å². The predicted octanol–water partition coefficient (Wildman–Crippen LogP) is 2.68. The highest BCUT2D eigenvalue weighted by atomic mass is 32.2. The number of hydrogen-bond acceptors (Lipinski definition) is 4. The summed E-state index contributed by atoms with van der Waals surface area (Å²) in [4.78, 5) is 0.351. The Morgan fingerprint density at radius 2 is 1.45 bits per heavy atom. The zero-order valence-corrected chi connectivity index (χ0v) is 12.2. The number of hydrogen-bond donors (Lipinski definition) is 2. The molecule has 20 heavy (non-hydrogen) atoms. The summed E-state index contributed by atoms with van der Waals surface area (Å²) in [6, 6.07) is 14.6. The first kappa shape index (κ1) is 14.6. The van der Waals surface area contributed by atoms with Crippen molar-refractivity contribution < 1.29 is 8.42 Å². The second-order valence-electron chi connectivity index (χ2n) is 4.45. The molecule has 0 aliphatic heterocycles. The minimum absolute atomic E-state index is 0.111. The van der Waals surface area contributed by atoms with Crippen LogP contribution in [-0.2, 0) is 16.4 Å². The summed E-state index contributed by atoms with van der Waals surface area (Å²) in [5.74, 6) is 0.111. The quantitative estimate of drug-likeness (QED) is 0.888. The molecule has 4 nitrogen and oxygen atoms in total. The van der Waals surface area contributed by atoms with E-state index in [4.69, 9.17) is 5.73 Å². The third-order valence-corrected chi connectivity index (χ3v) is 4.82. The fourth-order valence-electron chi connectivity index (χ4n) is 1.80. The van der Waals surface area contributed by atoms with E-state index in [-0.39, 0.29) is 5.75 Å². The van der Waals surface area contributed by atoms with E-state index in [1.165, 1.54) is 0 Å². The first-order valence-electron chi connectivity index (χ1n) is 6.44. The number of sulfone groups is 1. The van der Waals surface area contributed by atoms with Gasteiger partial charge in [0.2, 0.25) is 0 Å². The second-order valence-corrected chi connectivity index (χ2v) is 6.73. The van der Waals surface area contributed by atoms with Gasteiger partial charge in [-0.3, -0.25) is 0 Å². The van der Waals surface area contributed by atoms with Crippen molar-refractivity contribution in [3.05, 3.63) is 54.1 Å². The van der Waals surface area contributed by atoms with E-state index in [0.29, 0.717) is 11.4 Å². The van der Waals surface area contributed by atoms with Crippen LogP contribution >= 0.6 is 0 Å². The third-order valence-electron chi connectivity index (χ3n) is 3.07. The molecule has 0 aromatic heterocycles. The molecule has 0 saturated heterocycles. The van der Waals surface area contributed by atoms with Crippen molar-refractivity contribution in [1.29, 1.82) is 0 Å². The molecular formula is C15H18N2O2S. The molecule has 0 amide bonds. The number of benzene rings is 2. The molecule has 0 atom stereocenters. The van der Waals surface area contributed by atoms with Crippen molar-refractivity contribution in [2.45, 2.75) is 18.4 Å². The summed E-state index contributed by atoms with van der Waals surface area (Å²) in [5, 5.41) is 3.22. The Morgan fingerprint density at radius 1 is 0.950 bits per heavy atom. The number of nitrogens with two attached hydrogens (primary N) is 1. The highest BCUT2D eigenvalue weighted by Crippen LogP contribution is 2.19. The standard InChI is InChI=1S/C15H18N2O2S/c1-2-20(18,19)15-9-7-14(8-10-15)17-13-5-3-12(11-16)4-6-13/h3-10,17H,2,11,16H2,1H3. The van der Waals surface area contributed by atoms with Crippen LogP contribution in [0.5, 0.6) is 0 Å². The normalized spacial score (nSPS) is 11.3. The van der Waals surface area contributed by atoms with Crippen LogP contribution in [0.1, 0.15) is 12.5 Å². The van der Waals surface area contributed by atoms with Crippen LogP contribution in [0.2, 0.25) is 0 Å². The van der Waals surface area contributed by atoms with Crippen LogP contribution in [0.3, 0.4) is 0 Å². The lowest BCUT2D eigenvalue weighted by Crippen LogP contribution is -2.03. The fourth-order valence-corrected chi connectivity index (χ4v) is 2.69. The molecule has 0 aliphatic carbocycles. The maximum absolute atomic E-state index is 11.7. The lowest BCUT2D eigenvalue weighted by molar-refractivity contribution is 0.597. The van der Waals surface area contributed by atoms with E-state index in [0.717, 1.165) is 16.9 Å². The van der Waals surface area contributed by atoms with E-state index in [1.54, 1.807) is 31.2 Å². The molecule has 0 spiro atoms. The Labute approximate surface area is 119 Å². The third kappa shape index (κ3) is 3.37. The number of anilines is 2. The summed E-state index contributed by atoms with van der Waals surface area (Å²) in [7, 11) is -3.14. The molecule has 0 bridgehead atoms. The minimum atomic E-state index is -3.14. The molecule has 0 aliphatic rings. The van der Waals surface area contributed by atoms with E-state index < -0.39 is 9.84 Å². The van der Waals surface area contributed by atoms with Gasteiger partial charge in [-0.15, -0.1) is 0 Å². The summed E-state index contributed by atoms with van der Waals surface area (Å²) in [6.45, 7) is 2.16. The maximum Gasteiger partial charge on any atom is 0.178 e. The first-order chi connectivity index (χ1) is 9.55. The first-order valence-corrected chi connectivity index (χ1v) is 8.09. The summed E-state index contributed by atoms with van der Waals surface area (Å²) in [6.07, 6.45) is 0. The summed E-state index contributed by atoms with van der Waals surface area (Å²) >= 11 is 0. The van der Waals surface area contributed by atoms with Crippen LogP contribution < -0.4 is 11.1 Å². The molecular weight excluding hydrogens is 272 g/mol. The van der Waals surface area contributed by atoms with Gasteiger partial charge >= 0.3 is 0 Å². The SMILES string of the molecule is CCS(=O)(=O)c1ccc(Nc2ccc(CN)cc2)cc1. The largest absolute Gasteiger partial charge is 0.356 e. The van der Waals surface area contributed by atoms with Crippen molar-refractivity contribution in [2.75, 3.05) is 11.1 Å². The molecule has 3 N–H and O–H groups in total. The molecule has 0 heterocycles. The van der Waals surface area contributed by atoms with E-state index in [1.807, 2.05) is 24.3 Å². The molecule has 2 aromatic rings. The number of rotatable bonds is 5. The second kappa shape index (κ2) is 6.07. The average Bonchev–Trinajstić information content (AvgIpc) is 2.48. The molecule has 0 unspecified atom stereocenters. The molecule has 0 radical (unpaired) electrons. The van der Waals surface area contributed by atoms with Gasteiger partial charge in [0.15, 0.2) is 9.84 Å². The van der Waals surface area contributed by atoms with Crippen molar-refractivity contribution in [1.82, 2.24) is 0 Å². The molecule has 5 heteroatoms. The zero-order valence-electron chi connectivity index (χ0n) is 11.3. The van der Waals surface area contributed by atoms with Crippen molar-refractivity contribution >= 4 is 21.2 Å². The van der Waals surface area contributed by atoms with Crippen LogP contribution in [0.15, 0.2) is 53.4 Å². The van der Waals surface area contributed by atoms with Crippen molar-refractivity contribution in [3.8, 4) is 0 Å². The Morgan fingerprint density at radius 3 is 1.90 bits per heavy atom. The zero-order chi connectivity index (χ0) is 14.6. The Kier molecular flexibility index (Phi) is 4.42. The van der Waals surface area contributed by atoms with E-state index in [2.05, 4.69) is 5.32 Å². The minimum Gasteiger partial charge on any atom is -0.356 e. The fraction of sp³-hybridized carbons (Fsp3) is 0.200. The van der Waals surface area contributed by atoms with Gasteiger partial charge in [0.05, 0.1) is 10.6 Å². The van der Waals surface area contributed by atoms with Gasteiger partial charge in [-0.25, -0.2) is 8.42 Å². The van der Waals surface area contributed by atoms with E-state index in [9.17, 15) is 8.42 Å². The van der Waals surface area contributed by atoms with Crippen LogP contribution in [-0.4, -0.2) is 14.2 Å². The topological polar surface area (TPSA) is 72.2 Å². The van der Waals surface area contributed by atoms with Gasteiger partial charge < -0.3 is 11.1 Å². The Hall–Kier alpha value is -1.85. The highest BCUT2D eigenvalue weighted by molar-refractivity contribution is 7.91. The predicted molar refractivity (Wildman–Crippen MR) is 81.8 cm³/mol. The lowest BCUT2D eigenvalue weighted by atomic mass is 10.2.